The van der Waals surface area contributed by atoms with Gasteiger partial charge >= 0.3 is 0 Å². The van der Waals surface area contributed by atoms with E-state index in [9.17, 15) is 5.11 Å². The number of H-pyrrole nitrogens is 1. The molecule has 1 heterocycles. The van der Waals surface area contributed by atoms with Crippen molar-refractivity contribution >= 4 is 0 Å². The lowest BCUT2D eigenvalue weighted by Gasteiger charge is -2.08. The van der Waals surface area contributed by atoms with Gasteiger partial charge < -0.3 is 10.1 Å². The molecule has 0 spiro atoms. The summed E-state index contributed by atoms with van der Waals surface area (Å²) in [6.07, 6.45) is 18.7. The predicted molar refractivity (Wildman–Crippen MR) is 106 cm³/mol. The lowest BCUT2D eigenvalue weighted by molar-refractivity contribution is 0.447. The van der Waals surface area contributed by atoms with Crippen molar-refractivity contribution in [2.24, 2.45) is 0 Å². The first-order valence-corrected chi connectivity index (χ1v) is 10.7. The summed E-state index contributed by atoms with van der Waals surface area (Å²) in [7, 11) is 0. The Labute approximate surface area is 150 Å². The lowest BCUT2D eigenvalue weighted by atomic mass is 9.96. The summed E-state index contributed by atoms with van der Waals surface area (Å²) in [4.78, 5) is 3.33. The molecule has 0 aromatic carbocycles. The third-order valence-corrected chi connectivity index (χ3v) is 5.12. The summed E-state index contributed by atoms with van der Waals surface area (Å²) >= 11 is 0. The zero-order chi connectivity index (χ0) is 17.6. The van der Waals surface area contributed by atoms with Crippen LogP contribution < -0.4 is 0 Å². The van der Waals surface area contributed by atoms with E-state index in [0.29, 0.717) is 5.88 Å². The van der Waals surface area contributed by atoms with Crippen LogP contribution in [0.15, 0.2) is 0 Å². The van der Waals surface area contributed by atoms with Crippen molar-refractivity contribution < 1.29 is 5.11 Å². The van der Waals surface area contributed by atoms with E-state index in [-0.39, 0.29) is 0 Å². The summed E-state index contributed by atoms with van der Waals surface area (Å²) in [5.41, 5.74) is 4.01. The number of hydrogen-bond acceptors (Lipinski definition) is 1. The molecule has 0 radical (unpaired) electrons. The number of aromatic hydroxyl groups is 1. The molecule has 2 heteroatoms. The minimum Gasteiger partial charge on any atom is -0.494 e. The van der Waals surface area contributed by atoms with Gasteiger partial charge in [0.25, 0.3) is 0 Å². The highest BCUT2D eigenvalue weighted by atomic mass is 16.3. The number of hydrogen-bond donors (Lipinski definition) is 2. The van der Waals surface area contributed by atoms with Gasteiger partial charge in [0, 0.05) is 11.3 Å². The minimum absolute atomic E-state index is 0.461. The molecule has 0 bridgehead atoms. The molecule has 0 aliphatic carbocycles. The van der Waals surface area contributed by atoms with Gasteiger partial charge in [0.1, 0.15) is 0 Å². The van der Waals surface area contributed by atoms with E-state index in [1.54, 1.807) is 0 Å². The fourth-order valence-electron chi connectivity index (χ4n) is 3.59. The van der Waals surface area contributed by atoms with Gasteiger partial charge in [-0.1, -0.05) is 78.6 Å². The van der Waals surface area contributed by atoms with E-state index >= 15 is 0 Å². The van der Waals surface area contributed by atoms with Gasteiger partial charge in [-0.25, -0.2) is 0 Å². The molecule has 0 atom stereocenters. The second-order valence-electron chi connectivity index (χ2n) is 7.34. The second kappa shape index (κ2) is 13.4. The largest absolute Gasteiger partial charge is 0.494 e. The molecule has 0 unspecified atom stereocenters. The first-order valence-electron chi connectivity index (χ1n) is 10.7. The molecule has 0 saturated carbocycles. The molecule has 0 aliphatic rings. The second-order valence-corrected chi connectivity index (χ2v) is 7.34. The average molecular weight is 336 g/mol. The summed E-state index contributed by atoms with van der Waals surface area (Å²) in [6.45, 7) is 6.77. The molecule has 1 rings (SSSR count). The summed E-state index contributed by atoms with van der Waals surface area (Å²) < 4.78 is 0. The predicted octanol–water partition coefficient (Wildman–Crippen LogP) is 7.09. The molecule has 24 heavy (non-hydrogen) atoms. The number of nitrogens with one attached hydrogen (secondary N) is 1. The van der Waals surface area contributed by atoms with Crippen molar-refractivity contribution in [1.82, 2.24) is 4.98 Å². The Hall–Kier alpha value is -0.920. The van der Waals surface area contributed by atoms with Crippen LogP contribution in [-0.2, 0) is 19.3 Å². The van der Waals surface area contributed by atoms with Crippen LogP contribution in [0.1, 0.15) is 115 Å². The maximum Gasteiger partial charge on any atom is 0.192 e. The monoisotopic (exact) mass is 335 g/mol. The first kappa shape index (κ1) is 21.1. The zero-order valence-corrected chi connectivity index (χ0v) is 16.6. The number of aromatic nitrogens is 1. The summed E-state index contributed by atoms with van der Waals surface area (Å²) in [6, 6.07) is 0. The van der Waals surface area contributed by atoms with E-state index in [1.165, 1.54) is 93.9 Å². The Morgan fingerprint density at radius 1 is 0.583 bits per heavy atom. The number of unbranched alkanes of at least 4 members (excludes halogenated alkanes) is 9. The van der Waals surface area contributed by atoms with Crippen molar-refractivity contribution in [1.29, 1.82) is 0 Å². The van der Waals surface area contributed by atoms with Gasteiger partial charge in [-0.3, -0.25) is 0 Å². The van der Waals surface area contributed by atoms with Crippen molar-refractivity contribution in [2.45, 2.75) is 117 Å². The van der Waals surface area contributed by atoms with Crippen LogP contribution in [0.25, 0.3) is 0 Å². The maximum atomic E-state index is 10.4. The Morgan fingerprint density at radius 3 is 1.54 bits per heavy atom. The molecule has 1 aromatic rings. The molecule has 140 valence electrons. The van der Waals surface area contributed by atoms with Crippen molar-refractivity contribution in [3.05, 3.63) is 16.8 Å². The Kier molecular flexibility index (Phi) is 11.8. The van der Waals surface area contributed by atoms with Crippen LogP contribution in [0.5, 0.6) is 5.88 Å². The summed E-state index contributed by atoms with van der Waals surface area (Å²) in [5.74, 6) is 0.461. The average Bonchev–Trinajstić information content (AvgIpc) is 2.87. The Morgan fingerprint density at radius 2 is 1.04 bits per heavy atom. The molecule has 0 amide bonds. The Bertz CT molecular complexity index is 422. The fourth-order valence-corrected chi connectivity index (χ4v) is 3.59. The van der Waals surface area contributed by atoms with E-state index in [1.807, 2.05) is 0 Å². The molecular formula is C22H41NO. The number of aryl methyl sites for hydroxylation is 1. The van der Waals surface area contributed by atoms with Gasteiger partial charge in [0.05, 0.1) is 0 Å². The smallest absolute Gasteiger partial charge is 0.192 e. The van der Waals surface area contributed by atoms with Gasteiger partial charge in [-0.05, 0) is 44.1 Å². The molecule has 0 fully saturated rings. The van der Waals surface area contributed by atoms with E-state index in [4.69, 9.17) is 0 Å². The number of aromatic amines is 1. The van der Waals surface area contributed by atoms with Gasteiger partial charge in [-0.15, -0.1) is 0 Å². The van der Waals surface area contributed by atoms with Crippen LogP contribution in [0.3, 0.4) is 0 Å². The highest BCUT2D eigenvalue weighted by molar-refractivity contribution is 5.41. The van der Waals surface area contributed by atoms with Gasteiger partial charge in [-0.2, -0.15) is 0 Å². The zero-order valence-electron chi connectivity index (χ0n) is 16.6. The molecule has 0 saturated heterocycles. The van der Waals surface area contributed by atoms with Crippen LogP contribution in [0.4, 0.5) is 0 Å². The van der Waals surface area contributed by atoms with Crippen LogP contribution >= 0.6 is 0 Å². The van der Waals surface area contributed by atoms with E-state index in [2.05, 4.69) is 25.8 Å². The van der Waals surface area contributed by atoms with Gasteiger partial charge in [0.2, 0.25) is 0 Å². The highest BCUT2D eigenvalue weighted by Crippen LogP contribution is 2.29. The van der Waals surface area contributed by atoms with Crippen LogP contribution in [-0.4, -0.2) is 10.1 Å². The van der Waals surface area contributed by atoms with Crippen molar-refractivity contribution in [3.8, 4) is 5.88 Å². The molecule has 1 aromatic heterocycles. The highest BCUT2D eigenvalue weighted by Gasteiger charge is 2.16. The van der Waals surface area contributed by atoms with Crippen LogP contribution in [0, 0.1) is 0 Å². The standard InChI is InChI=1S/C22H41NO/c1-4-7-10-13-16-19-20(17-14-11-8-5-2)22(24)23-21(19)18-15-12-9-6-3/h23-24H,4-18H2,1-3H3. The summed E-state index contributed by atoms with van der Waals surface area (Å²) in [5, 5.41) is 10.4. The third kappa shape index (κ3) is 7.77. The third-order valence-electron chi connectivity index (χ3n) is 5.12. The SMILES string of the molecule is CCCCCCc1[nH]c(O)c(CCCCCC)c1CCCCCC. The molecule has 2 nitrogen and oxygen atoms in total. The first-order chi connectivity index (χ1) is 11.7. The van der Waals surface area contributed by atoms with E-state index < -0.39 is 0 Å². The van der Waals surface area contributed by atoms with E-state index in [0.717, 1.165) is 19.3 Å². The molecule has 0 aliphatic heterocycles. The maximum absolute atomic E-state index is 10.4. The number of rotatable bonds is 15. The quantitative estimate of drug-likeness (QED) is 0.330. The Balaban J connectivity index is 2.68. The minimum atomic E-state index is 0.461. The normalized spacial score (nSPS) is 11.3. The van der Waals surface area contributed by atoms with Crippen molar-refractivity contribution in [2.75, 3.05) is 0 Å². The molecule has 2 N–H and O–H groups in total. The van der Waals surface area contributed by atoms with Gasteiger partial charge in [0.15, 0.2) is 5.88 Å². The lowest BCUT2D eigenvalue weighted by Crippen LogP contribution is -1.97. The molecular weight excluding hydrogens is 294 g/mol. The topological polar surface area (TPSA) is 36.0 Å². The van der Waals surface area contributed by atoms with Crippen molar-refractivity contribution in [3.63, 3.8) is 0 Å². The van der Waals surface area contributed by atoms with Crippen LogP contribution in [0.2, 0.25) is 0 Å². The fraction of sp³-hybridized carbons (Fsp3) is 0.818.